The smallest absolute Gasteiger partial charge is 0.258 e. The fourth-order valence-electron chi connectivity index (χ4n) is 3.33. The van der Waals surface area contributed by atoms with Crippen molar-refractivity contribution in [1.82, 2.24) is 5.32 Å². The van der Waals surface area contributed by atoms with Gasteiger partial charge in [-0.15, -0.1) is 0 Å². The van der Waals surface area contributed by atoms with Crippen LogP contribution in [0.25, 0.3) is 0 Å². The Morgan fingerprint density at radius 2 is 1.92 bits per heavy atom. The van der Waals surface area contributed by atoms with Crippen molar-refractivity contribution in [2.45, 2.75) is 46.1 Å². The van der Waals surface area contributed by atoms with Gasteiger partial charge in [-0.05, 0) is 68.4 Å². The fourth-order valence-corrected chi connectivity index (χ4v) is 3.33. The number of nitrogens with one attached hydrogen (secondary N) is 1. The van der Waals surface area contributed by atoms with E-state index in [9.17, 15) is 4.79 Å². The number of ether oxygens (including phenoxy) is 1. The van der Waals surface area contributed by atoms with Crippen LogP contribution >= 0.6 is 0 Å². The summed E-state index contributed by atoms with van der Waals surface area (Å²) in [5.74, 6) is 0.670. The maximum absolute atomic E-state index is 12.2. The molecule has 2 aromatic carbocycles. The highest BCUT2D eigenvalue weighted by atomic mass is 16.5. The first kappa shape index (κ1) is 16.6. The Bertz CT molecular complexity index is 751. The van der Waals surface area contributed by atoms with Crippen LogP contribution in [-0.4, -0.2) is 12.5 Å². The molecule has 0 bridgehead atoms. The highest BCUT2D eigenvalue weighted by Crippen LogP contribution is 2.25. The van der Waals surface area contributed by atoms with E-state index in [1.165, 1.54) is 29.5 Å². The topological polar surface area (TPSA) is 38.3 Å². The summed E-state index contributed by atoms with van der Waals surface area (Å²) >= 11 is 0. The molecule has 0 radical (unpaired) electrons. The average Bonchev–Trinajstić information content (AvgIpc) is 3.01. The van der Waals surface area contributed by atoms with Crippen LogP contribution < -0.4 is 10.1 Å². The first-order valence-electron chi connectivity index (χ1n) is 8.64. The van der Waals surface area contributed by atoms with Gasteiger partial charge in [0.1, 0.15) is 5.75 Å². The van der Waals surface area contributed by atoms with Crippen molar-refractivity contribution in [3.63, 3.8) is 0 Å². The molecule has 126 valence electrons. The molecule has 0 aromatic heterocycles. The molecule has 3 heteroatoms. The molecule has 1 unspecified atom stereocenters. The van der Waals surface area contributed by atoms with Gasteiger partial charge >= 0.3 is 0 Å². The Labute approximate surface area is 144 Å². The summed E-state index contributed by atoms with van der Waals surface area (Å²) in [6, 6.07) is 12.5. The number of fused-ring (bicyclic) bond motifs is 1. The molecular formula is C21H25NO2. The van der Waals surface area contributed by atoms with Gasteiger partial charge in [0, 0.05) is 0 Å². The summed E-state index contributed by atoms with van der Waals surface area (Å²) in [5.41, 5.74) is 6.29. The van der Waals surface area contributed by atoms with Gasteiger partial charge in [0.05, 0.1) is 6.04 Å². The average molecular weight is 323 g/mol. The quantitative estimate of drug-likeness (QED) is 0.901. The van der Waals surface area contributed by atoms with E-state index < -0.39 is 0 Å². The molecule has 1 N–H and O–H groups in total. The van der Waals surface area contributed by atoms with Crippen molar-refractivity contribution in [3.05, 3.63) is 64.2 Å². The maximum Gasteiger partial charge on any atom is 0.258 e. The van der Waals surface area contributed by atoms with E-state index in [0.29, 0.717) is 0 Å². The van der Waals surface area contributed by atoms with Crippen LogP contribution in [0.4, 0.5) is 0 Å². The second-order valence-corrected chi connectivity index (χ2v) is 6.73. The summed E-state index contributed by atoms with van der Waals surface area (Å²) in [6.45, 7) is 6.10. The van der Waals surface area contributed by atoms with Gasteiger partial charge in [-0.25, -0.2) is 0 Å². The van der Waals surface area contributed by atoms with Gasteiger partial charge in [-0.1, -0.05) is 35.9 Å². The van der Waals surface area contributed by atoms with Crippen LogP contribution in [-0.2, 0) is 17.6 Å². The fraction of sp³-hybridized carbons (Fsp3) is 0.381. The molecule has 0 spiro atoms. The van der Waals surface area contributed by atoms with Crippen molar-refractivity contribution in [2.75, 3.05) is 6.61 Å². The molecule has 1 aliphatic carbocycles. The normalized spacial score (nSPS) is 14.1. The standard InChI is InChI=1S/C21H25NO2/c1-14-7-10-20(15(2)11-14)24-13-21(23)22-16(3)18-9-8-17-5-4-6-19(17)12-18/h7-12,16H,4-6,13H2,1-3H3,(H,22,23). The lowest BCUT2D eigenvalue weighted by atomic mass is 10.0. The predicted octanol–water partition coefficient (Wildman–Crippen LogP) is 4.05. The van der Waals surface area contributed by atoms with Crippen molar-refractivity contribution < 1.29 is 9.53 Å². The van der Waals surface area contributed by atoms with E-state index in [1.807, 2.05) is 32.9 Å². The molecule has 0 saturated carbocycles. The molecule has 3 nitrogen and oxygen atoms in total. The van der Waals surface area contributed by atoms with E-state index >= 15 is 0 Å². The molecule has 2 aromatic rings. The second kappa shape index (κ2) is 7.08. The van der Waals surface area contributed by atoms with Crippen LogP contribution in [0.1, 0.15) is 47.2 Å². The number of aryl methyl sites for hydroxylation is 4. The number of hydrogen-bond acceptors (Lipinski definition) is 2. The zero-order valence-corrected chi connectivity index (χ0v) is 14.7. The first-order chi connectivity index (χ1) is 11.5. The van der Waals surface area contributed by atoms with Crippen molar-refractivity contribution in [3.8, 4) is 5.75 Å². The summed E-state index contributed by atoms with van der Waals surface area (Å²) in [6.07, 6.45) is 3.57. The van der Waals surface area contributed by atoms with Gasteiger partial charge in [0.2, 0.25) is 0 Å². The Balaban J connectivity index is 1.56. The highest BCUT2D eigenvalue weighted by molar-refractivity contribution is 5.78. The van der Waals surface area contributed by atoms with Crippen molar-refractivity contribution >= 4 is 5.91 Å². The van der Waals surface area contributed by atoms with E-state index in [1.54, 1.807) is 0 Å². The van der Waals surface area contributed by atoms with Crippen LogP contribution in [0.3, 0.4) is 0 Å². The second-order valence-electron chi connectivity index (χ2n) is 6.73. The van der Waals surface area contributed by atoms with E-state index in [0.717, 1.165) is 23.3 Å². The molecule has 1 atom stereocenters. The molecule has 0 heterocycles. The van der Waals surface area contributed by atoms with E-state index in [-0.39, 0.29) is 18.6 Å². The molecule has 0 fully saturated rings. The zero-order chi connectivity index (χ0) is 17.1. The van der Waals surface area contributed by atoms with Crippen molar-refractivity contribution in [1.29, 1.82) is 0 Å². The van der Waals surface area contributed by atoms with Crippen LogP contribution in [0.5, 0.6) is 5.75 Å². The number of hydrogen-bond donors (Lipinski definition) is 1. The number of carbonyl (C=O) groups is 1. The number of carbonyl (C=O) groups excluding carboxylic acids is 1. The Kier molecular flexibility index (Phi) is 4.89. The minimum atomic E-state index is -0.0945. The third-order valence-electron chi connectivity index (χ3n) is 4.69. The van der Waals surface area contributed by atoms with Gasteiger partial charge in [-0.3, -0.25) is 4.79 Å². The number of amides is 1. The molecular weight excluding hydrogens is 298 g/mol. The Morgan fingerprint density at radius 1 is 1.12 bits per heavy atom. The van der Waals surface area contributed by atoms with Crippen LogP contribution in [0.15, 0.2) is 36.4 Å². The minimum absolute atomic E-state index is 0.00823. The summed E-state index contributed by atoms with van der Waals surface area (Å²) in [7, 11) is 0. The van der Waals surface area contributed by atoms with Crippen molar-refractivity contribution in [2.24, 2.45) is 0 Å². The van der Waals surface area contributed by atoms with Crippen LogP contribution in [0.2, 0.25) is 0 Å². The number of rotatable bonds is 5. The van der Waals surface area contributed by atoms with Gasteiger partial charge in [0.25, 0.3) is 5.91 Å². The van der Waals surface area contributed by atoms with E-state index in [2.05, 4.69) is 29.6 Å². The van der Waals surface area contributed by atoms with E-state index in [4.69, 9.17) is 4.74 Å². The summed E-state index contributed by atoms with van der Waals surface area (Å²) in [4.78, 5) is 12.2. The van der Waals surface area contributed by atoms with Gasteiger partial charge in [0.15, 0.2) is 6.61 Å². The van der Waals surface area contributed by atoms with Crippen LogP contribution in [0, 0.1) is 13.8 Å². The third kappa shape index (κ3) is 3.78. The number of benzene rings is 2. The molecule has 0 saturated heterocycles. The molecule has 0 aliphatic heterocycles. The first-order valence-corrected chi connectivity index (χ1v) is 8.64. The summed E-state index contributed by atoms with van der Waals surface area (Å²) in [5, 5.41) is 3.02. The zero-order valence-electron chi connectivity index (χ0n) is 14.7. The molecule has 24 heavy (non-hydrogen) atoms. The predicted molar refractivity (Wildman–Crippen MR) is 96.4 cm³/mol. The van der Waals surface area contributed by atoms with Gasteiger partial charge < -0.3 is 10.1 Å². The lowest BCUT2D eigenvalue weighted by molar-refractivity contribution is -0.123. The molecule has 1 amide bonds. The molecule has 1 aliphatic rings. The Morgan fingerprint density at radius 3 is 2.71 bits per heavy atom. The monoisotopic (exact) mass is 323 g/mol. The maximum atomic E-state index is 12.2. The minimum Gasteiger partial charge on any atom is -0.484 e. The Hall–Kier alpha value is -2.29. The third-order valence-corrected chi connectivity index (χ3v) is 4.69. The van der Waals surface area contributed by atoms with Gasteiger partial charge in [-0.2, -0.15) is 0 Å². The molecule has 3 rings (SSSR count). The highest BCUT2D eigenvalue weighted by Gasteiger charge is 2.15. The largest absolute Gasteiger partial charge is 0.484 e. The lowest BCUT2D eigenvalue weighted by Crippen LogP contribution is -2.31. The SMILES string of the molecule is Cc1ccc(OCC(=O)NC(C)c2ccc3c(c2)CCC3)c(C)c1. The summed E-state index contributed by atoms with van der Waals surface area (Å²) < 4.78 is 5.65. The lowest BCUT2D eigenvalue weighted by Gasteiger charge is -2.16.